The minimum absolute atomic E-state index is 0.113. The van der Waals surface area contributed by atoms with Gasteiger partial charge in [-0.25, -0.2) is 0 Å². The molecule has 15 rings (SSSR count). The van der Waals surface area contributed by atoms with E-state index in [0.29, 0.717) is 0 Å². The van der Waals surface area contributed by atoms with Crippen LogP contribution in [-0.4, -0.2) is 14.4 Å². The van der Waals surface area contributed by atoms with E-state index in [1.165, 1.54) is 110 Å². The van der Waals surface area contributed by atoms with Gasteiger partial charge >= 0.3 is 0 Å². The van der Waals surface area contributed by atoms with Crippen molar-refractivity contribution in [3.63, 3.8) is 0 Å². The lowest BCUT2D eigenvalue weighted by atomic mass is 9.84. The molecule has 0 saturated heterocycles. The second kappa shape index (κ2) is 16.6. The average Bonchev–Trinajstić information content (AvgIpc) is 4.35. The van der Waals surface area contributed by atoms with Crippen LogP contribution < -0.4 is 0 Å². The molecule has 3 nitrogen and oxygen atoms in total. The molecule has 0 radical (unpaired) electrons. The van der Waals surface area contributed by atoms with E-state index < -0.39 is 0 Å². The predicted octanol–water partition coefficient (Wildman–Crippen LogP) is 20.9. The van der Waals surface area contributed by atoms with Crippen LogP contribution in [0.5, 0.6) is 0 Å². The van der Waals surface area contributed by atoms with Gasteiger partial charge in [-0.05, 0) is 152 Å². The van der Waals surface area contributed by atoms with Gasteiger partial charge < -0.3 is 14.4 Å². The van der Waals surface area contributed by atoms with Crippen LogP contribution in [-0.2, 0) is 5.41 Å². The van der Waals surface area contributed by atoms with Crippen LogP contribution in [0.1, 0.15) is 26.3 Å². The molecule has 15 aromatic rings. The van der Waals surface area contributed by atoms with E-state index >= 15 is 0 Å². The molecule has 0 atom stereocenters. The third kappa shape index (κ3) is 6.98. The highest BCUT2D eigenvalue weighted by Gasteiger charge is 2.25. The van der Waals surface area contributed by atoms with Crippen LogP contribution in [0.15, 0.2) is 227 Å². The summed E-state index contributed by atoms with van der Waals surface area (Å²) >= 11 is 8.41. The summed E-state index contributed by atoms with van der Waals surface area (Å²) in [5.41, 5.74) is 23.4. The lowest BCUT2D eigenvalue weighted by molar-refractivity contribution is 0.591. The lowest BCUT2D eigenvalue weighted by Crippen LogP contribution is -2.11. The molecule has 0 spiro atoms. The van der Waals surface area contributed by atoms with Crippen molar-refractivity contribution < 1.29 is 0 Å². The monoisotopic (exact) mass is 1090 g/mol. The van der Waals surface area contributed by atoms with Gasteiger partial charge in [0.15, 0.2) is 0 Å². The summed E-state index contributed by atoms with van der Waals surface area (Å²) in [4.78, 5) is 7.92. The van der Waals surface area contributed by atoms with E-state index in [9.17, 15) is 0 Å². The van der Waals surface area contributed by atoms with E-state index in [4.69, 9.17) is 0 Å². The smallest absolute Gasteiger partial charge is 0.0620 e. The molecule has 0 fully saturated rings. The zero-order valence-electron chi connectivity index (χ0n) is 41.5. The molecule has 0 amide bonds. The molecule has 75 heavy (non-hydrogen) atoms. The summed E-state index contributed by atoms with van der Waals surface area (Å²) < 4.78 is 4.55. The Morgan fingerprint density at radius 2 is 0.760 bits per heavy atom. The standard InChI is InChI=1S/C70H47Br2N3/c1-70(2,3)48-34-57(50-38-61(71)49(37-62(50)72)55-30-46(42-20-12-6-13-21-42)31-56-51-28-44(40-16-8-4-9-17-40)24-26-63(51)73-67(55)56)68-58(35-48)52-36-54-60-33-47(43-22-14-7-15-23-43)32-59-53-29-45(41-18-10-5-11-19-41)25-27-65(53)75(69(59)60)66(54)39-64(52)74-68/h4-39,73-74H,1-3H3. The van der Waals surface area contributed by atoms with Gasteiger partial charge in [-0.15, -0.1) is 0 Å². The van der Waals surface area contributed by atoms with Gasteiger partial charge in [0.2, 0.25) is 0 Å². The van der Waals surface area contributed by atoms with E-state index in [2.05, 4.69) is 285 Å². The Balaban J connectivity index is 0.944. The minimum Gasteiger partial charge on any atom is -0.354 e. The van der Waals surface area contributed by atoms with Crippen molar-refractivity contribution in [3.05, 3.63) is 233 Å². The quantitative estimate of drug-likeness (QED) is 0.166. The van der Waals surface area contributed by atoms with Gasteiger partial charge in [-0.3, -0.25) is 0 Å². The maximum absolute atomic E-state index is 4.21. The van der Waals surface area contributed by atoms with Gasteiger partial charge in [0, 0.05) is 74.2 Å². The first kappa shape index (κ1) is 44.3. The van der Waals surface area contributed by atoms with Crippen LogP contribution in [0.3, 0.4) is 0 Å². The van der Waals surface area contributed by atoms with Gasteiger partial charge in [0.25, 0.3) is 0 Å². The Morgan fingerprint density at radius 3 is 1.33 bits per heavy atom. The zero-order valence-corrected chi connectivity index (χ0v) is 44.7. The first-order valence-electron chi connectivity index (χ1n) is 25.7. The molecule has 0 saturated carbocycles. The average molecular weight is 1090 g/mol. The number of hydrogen-bond donors (Lipinski definition) is 2. The van der Waals surface area contributed by atoms with Crippen molar-refractivity contribution in [1.82, 2.24) is 14.4 Å². The number of benzene rings is 11. The van der Waals surface area contributed by atoms with Crippen LogP contribution in [0.2, 0.25) is 0 Å². The molecule has 4 aromatic heterocycles. The van der Waals surface area contributed by atoms with Crippen molar-refractivity contribution in [3.8, 4) is 66.8 Å². The third-order valence-corrected chi connectivity index (χ3v) is 17.2. The number of H-pyrrole nitrogens is 2. The van der Waals surface area contributed by atoms with Crippen LogP contribution in [0.25, 0.3) is 148 Å². The normalized spacial score (nSPS) is 12.3. The van der Waals surface area contributed by atoms with E-state index in [0.717, 1.165) is 53.3 Å². The van der Waals surface area contributed by atoms with Gasteiger partial charge in [-0.2, -0.15) is 0 Å². The molecule has 0 bridgehead atoms. The second-order valence-corrected chi connectivity index (χ2v) is 23.0. The fourth-order valence-electron chi connectivity index (χ4n) is 12.1. The van der Waals surface area contributed by atoms with Crippen molar-refractivity contribution in [2.45, 2.75) is 26.2 Å². The lowest BCUT2D eigenvalue weighted by Gasteiger charge is -2.21. The Bertz CT molecular complexity index is 4790. The second-order valence-electron chi connectivity index (χ2n) is 21.3. The summed E-state index contributed by atoms with van der Waals surface area (Å²) in [6, 6.07) is 80.6. The fraction of sp³-hybridized carbons (Fsp3) is 0.0571. The molecular formula is C70H47Br2N3. The van der Waals surface area contributed by atoms with Crippen LogP contribution >= 0.6 is 31.9 Å². The maximum atomic E-state index is 4.21. The van der Waals surface area contributed by atoms with Gasteiger partial charge in [0.1, 0.15) is 0 Å². The Labute approximate surface area is 450 Å². The number of hydrogen-bond acceptors (Lipinski definition) is 0. The van der Waals surface area contributed by atoms with Crippen LogP contribution in [0.4, 0.5) is 0 Å². The molecule has 0 unspecified atom stereocenters. The number of aromatic nitrogens is 3. The SMILES string of the molecule is CC(C)(C)c1cc(-c2cc(Br)c(-c3cc(-c4ccccc4)cc4c3[nH]c3ccc(-c5ccccc5)cc34)cc2Br)c2[nH]c3cc4c(cc3c2c1)c1cc(-c2ccccc2)cc2c3cc(-c5ccccc5)ccc3n4c21. The van der Waals surface area contributed by atoms with Crippen molar-refractivity contribution in [2.75, 3.05) is 0 Å². The van der Waals surface area contributed by atoms with Crippen molar-refractivity contribution in [2.24, 2.45) is 0 Å². The Kier molecular flexibility index (Phi) is 9.83. The Hall–Kier alpha value is -8.22. The number of nitrogens with one attached hydrogen (secondary N) is 2. The highest BCUT2D eigenvalue weighted by molar-refractivity contribution is 9.11. The molecule has 356 valence electrons. The number of rotatable bonds is 6. The molecular weight excluding hydrogens is 1040 g/mol. The summed E-state index contributed by atoms with van der Waals surface area (Å²) in [6.45, 7) is 6.96. The topological polar surface area (TPSA) is 36.0 Å². The highest BCUT2D eigenvalue weighted by atomic mass is 79.9. The molecule has 4 heterocycles. The molecule has 0 aliphatic heterocycles. The first-order valence-corrected chi connectivity index (χ1v) is 27.3. The minimum atomic E-state index is -0.113. The predicted molar refractivity (Wildman–Crippen MR) is 327 cm³/mol. The summed E-state index contributed by atoms with van der Waals surface area (Å²) in [6.07, 6.45) is 0. The largest absolute Gasteiger partial charge is 0.354 e. The van der Waals surface area contributed by atoms with Crippen molar-refractivity contribution in [1.29, 1.82) is 0 Å². The summed E-state index contributed by atoms with van der Waals surface area (Å²) in [7, 11) is 0. The highest BCUT2D eigenvalue weighted by Crippen LogP contribution is 2.49. The number of fused-ring (bicyclic) bond motifs is 12. The van der Waals surface area contributed by atoms with Gasteiger partial charge in [0.05, 0.1) is 27.6 Å². The zero-order chi connectivity index (χ0) is 50.3. The molecule has 2 N–H and O–H groups in total. The van der Waals surface area contributed by atoms with Gasteiger partial charge in [-0.1, -0.05) is 186 Å². The number of aromatic amines is 2. The van der Waals surface area contributed by atoms with E-state index in [-0.39, 0.29) is 5.41 Å². The van der Waals surface area contributed by atoms with Crippen molar-refractivity contribution >= 4 is 114 Å². The number of halogens is 2. The molecule has 0 aliphatic carbocycles. The maximum Gasteiger partial charge on any atom is 0.0620 e. The summed E-state index contributed by atoms with van der Waals surface area (Å²) in [5, 5.41) is 9.89. The molecule has 11 aromatic carbocycles. The number of nitrogens with zero attached hydrogens (tertiary/aromatic N) is 1. The van der Waals surface area contributed by atoms with Crippen LogP contribution in [0, 0.1) is 0 Å². The fourth-order valence-corrected chi connectivity index (χ4v) is 13.2. The third-order valence-electron chi connectivity index (χ3n) is 15.9. The molecule has 5 heteroatoms. The Morgan fingerprint density at radius 1 is 0.320 bits per heavy atom. The molecule has 0 aliphatic rings. The van der Waals surface area contributed by atoms with E-state index in [1.807, 2.05) is 0 Å². The van der Waals surface area contributed by atoms with E-state index in [1.54, 1.807) is 0 Å². The summed E-state index contributed by atoms with van der Waals surface area (Å²) in [5.74, 6) is 0. The first-order chi connectivity index (χ1) is 36.6.